The number of halogens is 1. The Morgan fingerprint density at radius 2 is 2.19 bits per heavy atom. The highest BCUT2D eigenvalue weighted by atomic mass is 19.1. The van der Waals surface area contributed by atoms with Crippen LogP contribution in [0.3, 0.4) is 0 Å². The zero-order chi connectivity index (χ0) is 11.8. The first kappa shape index (κ1) is 12.5. The number of rotatable bonds is 6. The molecular weight excluding hydrogens is 205 g/mol. The summed E-state index contributed by atoms with van der Waals surface area (Å²) in [5.74, 6) is -0.380. The molecule has 1 rings (SSSR count). The van der Waals surface area contributed by atoms with Gasteiger partial charge in [-0.2, -0.15) is 5.26 Å². The molecular formula is C12H16FN3. The molecule has 0 fully saturated rings. The lowest BCUT2D eigenvalue weighted by Crippen LogP contribution is -2.17. The Hall–Kier alpha value is -1.60. The van der Waals surface area contributed by atoms with Crippen LogP contribution in [0, 0.1) is 17.1 Å². The van der Waals surface area contributed by atoms with Gasteiger partial charge in [0.2, 0.25) is 0 Å². The van der Waals surface area contributed by atoms with Gasteiger partial charge in [-0.15, -0.1) is 0 Å². The van der Waals surface area contributed by atoms with Crippen LogP contribution in [-0.4, -0.2) is 19.6 Å². The van der Waals surface area contributed by atoms with Crippen molar-refractivity contribution in [2.45, 2.75) is 13.3 Å². The van der Waals surface area contributed by atoms with E-state index in [-0.39, 0.29) is 5.82 Å². The standard InChI is InChI=1S/C12H16FN3/c1-2-15-6-3-7-16-12-5-4-11(13)8-10(12)9-14/h4-5,8,15-16H,2-3,6-7H2,1H3. The molecule has 0 saturated carbocycles. The van der Waals surface area contributed by atoms with E-state index in [1.54, 1.807) is 6.07 Å². The first-order valence-electron chi connectivity index (χ1n) is 5.42. The molecule has 4 heteroatoms. The van der Waals surface area contributed by atoms with E-state index in [0.29, 0.717) is 11.3 Å². The van der Waals surface area contributed by atoms with Crippen molar-refractivity contribution in [2.75, 3.05) is 25.0 Å². The molecule has 0 atom stereocenters. The van der Waals surface area contributed by atoms with Crippen molar-refractivity contribution in [3.05, 3.63) is 29.6 Å². The van der Waals surface area contributed by atoms with E-state index < -0.39 is 0 Å². The topological polar surface area (TPSA) is 47.8 Å². The first-order chi connectivity index (χ1) is 7.77. The van der Waals surface area contributed by atoms with Crippen LogP contribution in [0.1, 0.15) is 18.9 Å². The predicted molar refractivity (Wildman–Crippen MR) is 62.8 cm³/mol. The van der Waals surface area contributed by atoms with Crippen molar-refractivity contribution in [3.63, 3.8) is 0 Å². The number of nitrogens with zero attached hydrogens (tertiary/aromatic N) is 1. The first-order valence-corrected chi connectivity index (χ1v) is 5.42. The van der Waals surface area contributed by atoms with Gasteiger partial charge in [-0.1, -0.05) is 6.92 Å². The largest absolute Gasteiger partial charge is 0.384 e. The van der Waals surface area contributed by atoms with E-state index in [0.717, 1.165) is 26.1 Å². The quantitative estimate of drug-likeness (QED) is 0.723. The van der Waals surface area contributed by atoms with Gasteiger partial charge in [0, 0.05) is 6.54 Å². The Balaban J connectivity index is 2.45. The van der Waals surface area contributed by atoms with Crippen molar-refractivity contribution >= 4 is 5.69 Å². The molecule has 0 aliphatic rings. The van der Waals surface area contributed by atoms with Crippen LogP contribution in [-0.2, 0) is 0 Å². The molecule has 0 aromatic heterocycles. The van der Waals surface area contributed by atoms with Crippen LogP contribution in [0.25, 0.3) is 0 Å². The number of anilines is 1. The van der Waals surface area contributed by atoms with E-state index in [9.17, 15) is 4.39 Å². The molecule has 0 saturated heterocycles. The number of nitrogens with one attached hydrogen (secondary N) is 2. The summed E-state index contributed by atoms with van der Waals surface area (Å²) in [7, 11) is 0. The fraction of sp³-hybridized carbons (Fsp3) is 0.417. The smallest absolute Gasteiger partial charge is 0.124 e. The van der Waals surface area contributed by atoms with E-state index in [1.807, 2.05) is 6.07 Å². The molecule has 1 aromatic rings. The fourth-order valence-corrected chi connectivity index (χ4v) is 1.38. The number of benzene rings is 1. The molecule has 0 aliphatic carbocycles. The summed E-state index contributed by atoms with van der Waals surface area (Å²) in [6, 6.07) is 6.17. The third-order valence-corrected chi connectivity index (χ3v) is 2.20. The lowest BCUT2D eigenvalue weighted by Gasteiger charge is -2.08. The van der Waals surface area contributed by atoms with Crippen LogP contribution < -0.4 is 10.6 Å². The SMILES string of the molecule is CCNCCCNc1ccc(F)cc1C#N. The van der Waals surface area contributed by atoms with E-state index in [1.165, 1.54) is 12.1 Å². The molecule has 0 radical (unpaired) electrons. The van der Waals surface area contributed by atoms with Gasteiger partial charge in [-0.25, -0.2) is 4.39 Å². The molecule has 1 aromatic carbocycles. The molecule has 0 aliphatic heterocycles. The Morgan fingerprint density at radius 3 is 2.88 bits per heavy atom. The van der Waals surface area contributed by atoms with Gasteiger partial charge in [0.1, 0.15) is 11.9 Å². The molecule has 0 unspecified atom stereocenters. The van der Waals surface area contributed by atoms with E-state index >= 15 is 0 Å². The average Bonchev–Trinajstić information content (AvgIpc) is 2.30. The molecule has 3 nitrogen and oxygen atoms in total. The summed E-state index contributed by atoms with van der Waals surface area (Å²) < 4.78 is 12.8. The van der Waals surface area contributed by atoms with Crippen molar-refractivity contribution in [1.82, 2.24) is 5.32 Å². The monoisotopic (exact) mass is 221 g/mol. The minimum absolute atomic E-state index is 0.350. The van der Waals surface area contributed by atoms with Gasteiger partial charge in [0.15, 0.2) is 0 Å². The molecule has 16 heavy (non-hydrogen) atoms. The number of hydrogen-bond acceptors (Lipinski definition) is 3. The lowest BCUT2D eigenvalue weighted by molar-refractivity contribution is 0.627. The van der Waals surface area contributed by atoms with Crippen LogP contribution in [0.5, 0.6) is 0 Å². The summed E-state index contributed by atoms with van der Waals surface area (Å²) in [6.07, 6.45) is 0.968. The summed E-state index contributed by atoms with van der Waals surface area (Å²) >= 11 is 0. The zero-order valence-electron chi connectivity index (χ0n) is 9.39. The van der Waals surface area contributed by atoms with Gasteiger partial charge in [-0.05, 0) is 37.7 Å². The van der Waals surface area contributed by atoms with E-state index in [4.69, 9.17) is 5.26 Å². The highest BCUT2D eigenvalue weighted by molar-refractivity contribution is 5.57. The minimum Gasteiger partial charge on any atom is -0.384 e. The number of hydrogen-bond donors (Lipinski definition) is 2. The summed E-state index contributed by atoms with van der Waals surface area (Å²) in [4.78, 5) is 0. The second-order valence-electron chi connectivity index (χ2n) is 3.44. The second-order valence-corrected chi connectivity index (χ2v) is 3.44. The van der Waals surface area contributed by atoms with Crippen LogP contribution in [0.2, 0.25) is 0 Å². The molecule has 0 spiro atoms. The Bertz CT molecular complexity index is 371. The van der Waals surface area contributed by atoms with Crippen molar-refractivity contribution < 1.29 is 4.39 Å². The summed E-state index contributed by atoms with van der Waals surface area (Å²) in [5.41, 5.74) is 1.05. The Labute approximate surface area is 95.3 Å². The van der Waals surface area contributed by atoms with Gasteiger partial charge in [0.05, 0.1) is 11.3 Å². The molecule has 86 valence electrons. The van der Waals surface area contributed by atoms with Gasteiger partial charge < -0.3 is 10.6 Å². The zero-order valence-corrected chi connectivity index (χ0v) is 9.39. The normalized spacial score (nSPS) is 9.81. The molecule has 0 amide bonds. The second kappa shape index (κ2) is 6.81. The Kier molecular flexibility index (Phi) is 5.30. The third kappa shape index (κ3) is 3.87. The van der Waals surface area contributed by atoms with Crippen molar-refractivity contribution in [2.24, 2.45) is 0 Å². The predicted octanol–water partition coefficient (Wildman–Crippen LogP) is 2.11. The third-order valence-electron chi connectivity index (χ3n) is 2.20. The number of nitriles is 1. The lowest BCUT2D eigenvalue weighted by atomic mass is 10.2. The van der Waals surface area contributed by atoms with Crippen LogP contribution in [0.15, 0.2) is 18.2 Å². The maximum absolute atomic E-state index is 12.8. The van der Waals surface area contributed by atoms with Gasteiger partial charge >= 0.3 is 0 Å². The van der Waals surface area contributed by atoms with Crippen molar-refractivity contribution in [1.29, 1.82) is 5.26 Å². The highest BCUT2D eigenvalue weighted by Gasteiger charge is 2.02. The molecule has 2 N–H and O–H groups in total. The summed E-state index contributed by atoms with van der Waals surface area (Å²) in [6.45, 7) is 4.72. The fourth-order valence-electron chi connectivity index (χ4n) is 1.38. The Morgan fingerprint density at radius 1 is 1.38 bits per heavy atom. The van der Waals surface area contributed by atoms with Gasteiger partial charge in [0.25, 0.3) is 0 Å². The maximum Gasteiger partial charge on any atom is 0.124 e. The van der Waals surface area contributed by atoms with Crippen molar-refractivity contribution in [3.8, 4) is 6.07 Å². The van der Waals surface area contributed by atoms with Gasteiger partial charge in [-0.3, -0.25) is 0 Å². The summed E-state index contributed by atoms with van der Waals surface area (Å²) in [5, 5.41) is 15.1. The minimum atomic E-state index is -0.380. The average molecular weight is 221 g/mol. The van der Waals surface area contributed by atoms with Crippen LogP contribution in [0.4, 0.5) is 10.1 Å². The van der Waals surface area contributed by atoms with Crippen LogP contribution >= 0.6 is 0 Å². The maximum atomic E-state index is 12.8. The van der Waals surface area contributed by atoms with E-state index in [2.05, 4.69) is 17.6 Å². The highest BCUT2D eigenvalue weighted by Crippen LogP contribution is 2.15. The molecule has 0 bridgehead atoms. The molecule has 0 heterocycles.